The maximum Gasteiger partial charge on any atom is 0.230 e. The minimum absolute atomic E-state index is 0.154. The fourth-order valence-corrected chi connectivity index (χ4v) is 3.31. The number of nitrogens with zero attached hydrogens (tertiary/aromatic N) is 1. The number of thiazole rings is 1. The molecule has 0 unspecified atom stereocenters. The summed E-state index contributed by atoms with van der Waals surface area (Å²) in [5, 5.41) is 5.52. The van der Waals surface area contributed by atoms with E-state index in [2.05, 4.69) is 22.5 Å². The summed E-state index contributed by atoms with van der Waals surface area (Å²) in [6.45, 7) is 0. The lowest BCUT2D eigenvalue weighted by Gasteiger charge is -2.00. The number of rotatable bonds is 2. The molecule has 2 aliphatic carbocycles. The second-order valence-electron chi connectivity index (χ2n) is 4.81. The molecule has 0 saturated heterocycles. The number of hydrogen-bond acceptors (Lipinski definition) is 3. The van der Waals surface area contributed by atoms with Crippen molar-refractivity contribution in [2.75, 3.05) is 5.32 Å². The first-order valence-electron chi connectivity index (χ1n) is 6.23. The van der Waals surface area contributed by atoms with Crippen LogP contribution in [0.3, 0.4) is 0 Å². The number of carbonyl (C=O) groups excluding carboxylic acids is 1. The Bertz CT molecular complexity index is 427. The van der Waals surface area contributed by atoms with Gasteiger partial charge in [-0.2, -0.15) is 0 Å². The molecule has 1 saturated carbocycles. The summed E-state index contributed by atoms with van der Waals surface area (Å²) in [5.41, 5.74) is 0. The van der Waals surface area contributed by atoms with Crippen molar-refractivity contribution >= 4 is 22.4 Å². The van der Waals surface area contributed by atoms with Crippen molar-refractivity contribution < 1.29 is 4.79 Å². The zero-order chi connectivity index (χ0) is 11.7. The molecule has 3 atom stereocenters. The highest BCUT2D eigenvalue weighted by Gasteiger charge is 2.52. The first-order chi connectivity index (χ1) is 8.36. The van der Waals surface area contributed by atoms with Gasteiger partial charge in [0.05, 0.1) is 0 Å². The number of amides is 1. The van der Waals surface area contributed by atoms with E-state index >= 15 is 0 Å². The van der Waals surface area contributed by atoms with Crippen LogP contribution in [0.4, 0.5) is 5.13 Å². The standard InChI is InChI=1S/C13H16N2OS/c16-12(15-13-14-7-8-17-13)11-9-5-3-1-2-4-6-10(9)11/h3,5,7-11H,1-2,4,6H2,(H,14,15,16)/t9-,10-,11-/m1/s1. The fraction of sp³-hybridized carbons (Fsp3) is 0.538. The third-order valence-electron chi connectivity index (χ3n) is 3.71. The molecule has 1 aromatic heterocycles. The van der Waals surface area contributed by atoms with E-state index in [-0.39, 0.29) is 11.8 Å². The van der Waals surface area contributed by atoms with Gasteiger partial charge in [0.1, 0.15) is 0 Å². The average molecular weight is 248 g/mol. The number of fused-ring (bicyclic) bond motifs is 1. The van der Waals surface area contributed by atoms with Crippen LogP contribution in [0.2, 0.25) is 0 Å². The molecule has 4 heteroatoms. The minimum Gasteiger partial charge on any atom is -0.302 e. The molecule has 0 spiro atoms. The molecule has 1 amide bonds. The highest BCUT2D eigenvalue weighted by molar-refractivity contribution is 7.13. The Morgan fingerprint density at radius 3 is 3.24 bits per heavy atom. The molecule has 3 rings (SSSR count). The normalized spacial score (nSPS) is 31.2. The van der Waals surface area contributed by atoms with Crippen molar-refractivity contribution in [2.24, 2.45) is 17.8 Å². The van der Waals surface area contributed by atoms with Gasteiger partial charge in [-0.25, -0.2) is 4.98 Å². The van der Waals surface area contributed by atoms with Crippen molar-refractivity contribution in [3.63, 3.8) is 0 Å². The van der Waals surface area contributed by atoms with Crippen molar-refractivity contribution in [2.45, 2.75) is 25.7 Å². The topological polar surface area (TPSA) is 42.0 Å². The smallest absolute Gasteiger partial charge is 0.230 e. The van der Waals surface area contributed by atoms with Crippen LogP contribution in [-0.4, -0.2) is 10.9 Å². The van der Waals surface area contributed by atoms with Crippen LogP contribution in [0.15, 0.2) is 23.7 Å². The van der Waals surface area contributed by atoms with Crippen LogP contribution in [0.25, 0.3) is 0 Å². The van der Waals surface area contributed by atoms with Gasteiger partial charge < -0.3 is 5.32 Å². The van der Waals surface area contributed by atoms with E-state index in [4.69, 9.17) is 0 Å². The molecule has 0 aliphatic heterocycles. The van der Waals surface area contributed by atoms with Gasteiger partial charge in [0, 0.05) is 17.5 Å². The summed E-state index contributed by atoms with van der Waals surface area (Å²) in [5.74, 6) is 1.40. The van der Waals surface area contributed by atoms with Crippen LogP contribution in [-0.2, 0) is 4.79 Å². The zero-order valence-corrected chi connectivity index (χ0v) is 10.5. The third-order valence-corrected chi connectivity index (χ3v) is 4.40. The van der Waals surface area contributed by atoms with Crippen molar-refractivity contribution in [1.82, 2.24) is 4.98 Å². The molecule has 1 aromatic rings. The number of anilines is 1. The summed E-state index contributed by atoms with van der Waals surface area (Å²) < 4.78 is 0. The largest absolute Gasteiger partial charge is 0.302 e. The van der Waals surface area contributed by atoms with Gasteiger partial charge in [0.2, 0.25) is 5.91 Å². The predicted molar refractivity (Wildman–Crippen MR) is 68.8 cm³/mol. The van der Waals surface area contributed by atoms with E-state index in [0.29, 0.717) is 11.8 Å². The van der Waals surface area contributed by atoms with Gasteiger partial charge in [-0.1, -0.05) is 18.6 Å². The Morgan fingerprint density at radius 1 is 1.47 bits per heavy atom. The number of hydrogen-bond donors (Lipinski definition) is 1. The maximum absolute atomic E-state index is 12.1. The Morgan fingerprint density at radius 2 is 2.41 bits per heavy atom. The zero-order valence-electron chi connectivity index (χ0n) is 9.63. The molecule has 1 fully saturated rings. The minimum atomic E-state index is 0.154. The summed E-state index contributed by atoms with van der Waals surface area (Å²) in [4.78, 5) is 16.2. The molecule has 0 aromatic carbocycles. The van der Waals surface area contributed by atoms with Gasteiger partial charge in [-0.15, -0.1) is 11.3 Å². The summed E-state index contributed by atoms with van der Waals surface area (Å²) in [6, 6.07) is 0. The fourth-order valence-electron chi connectivity index (χ4n) is 2.77. The Balaban J connectivity index is 1.64. The molecule has 90 valence electrons. The number of aromatic nitrogens is 1. The Labute approximate surface area is 105 Å². The SMILES string of the molecule is O=C(Nc1nccs1)[C@@H]1[C@@H]2C=CCCCC[C@H]21. The first-order valence-corrected chi connectivity index (χ1v) is 7.11. The van der Waals surface area contributed by atoms with Gasteiger partial charge in [0.15, 0.2) is 5.13 Å². The van der Waals surface area contributed by atoms with Gasteiger partial charge in [-0.05, 0) is 31.1 Å². The summed E-state index contributed by atoms with van der Waals surface area (Å²) in [7, 11) is 0. The predicted octanol–water partition coefficient (Wildman–Crippen LogP) is 3.07. The molecule has 1 N–H and O–H groups in total. The molecular formula is C13H16N2OS. The summed E-state index contributed by atoms with van der Waals surface area (Å²) >= 11 is 1.48. The van der Waals surface area contributed by atoms with Gasteiger partial charge >= 0.3 is 0 Å². The molecular weight excluding hydrogens is 232 g/mol. The van der Waals surface area contributed by atoms with E-state index < -0.39 is 0 Å². The van der Waals surface area contributed by atoms with Crippen molar-refractivity contribution in [3.05, 3.63) is 23.7 Å². The lowest BCUT2D eigenvalue weighted by atomic mass is 10.1. The van der Waals surface area contributed by atoms with Crippen molar-refractivity contribution in [1.29, 1.82) is 0 Å². The van der Waals surface area contributed by atoms with E-state index in [0.717, 1.165) is 5.13 Å². The van der Waals surface area contributed by atoms with Gasteiger partial charge in [-0.3, -0.25) is 4.79 Å². The van der Waals surface area contributed by atoms with Gasteiger partial charge in [0.25, 0.3) is 0 Å². The quantitative estimate of drug-likeness (QED) is 0.817. The molecule has 1 heterocycles. The van der Waals surface area contributed by atoms with E-state index in [9.17, 15) is 4.79 Å². The van der Waals surface area contributed by atoms with E-state index in [1.807, 2.05) is 5.38 Å². The van der Waals surface area contributed by atoms with E-state index in [1.54, 1.807) is 6.20 Å². The lowest BCUT2D eigenvalue weighted by Crippen LogP contribution is -2.15. The number of carbonyl (C=O) groups is 1. The van der Waals surface area contributed by atoms with Crippen LogP contribution in [0.5, 0.6) is 0 Å². The van der Waals surface area contributed by atoms with E-state index in [1.165, 1.54) is 37.0 Å². The number of allylic oxidation sites excluding steroid dienone is 2. The summed E-state index contributed by atoms with van der Waals surface area (Å²) in [6.07, 6.45) is 11.1. The molecule has 2 aliphatic rings. The number of nitrogens with one attached hydrogen (secondary N) is 1. The van der Waals surface area contributed by atoms with Crippen molar-refractivity contribution in [3.8, 4) is 0 Å². The third kappa shape index (κ3) is 2.27. The van der Waals surface area contributed by atoms with Crippen LogP contribution in [0, 0.1) is 17.8 Å². The molecule has 17 heavy (non-hydrogen) atoms. The molecule has 0 bridgehead atoms. The average Bonchev–Trinajstić information content (AvgIpc) is 2.72. The highest BCUT2D eigenvalue weighted by Crippen LogP contribution is 2.51. The highest BCUT2D eigenvalue weighted by atomic mass is 32.1. The second-order valence-corrected chi connectivity index (χ2v) is 5.70. The Kier molecular flexibility index (Phi) is 2.97. The second kappa shape index (κ2) is 4.61. The molecule has 0 radical (unpaired) electrons. The Hall–Kier alpha value is -1.16. The maximum atomic E-state index is 12.1. The van der Waals surface area contributed by atoms with Crippen LogP contribution >= 0.6 is 11.3 Å². The monoisotopic (exact) mass is 248 g/mol. The van der Waals surface area contributed by atoms with Crippen LogP contribution in [0.1, 0.15) is 25.7 Å². The lowest BCUT2D eigenvalue weighted by molar-refractivity contribution is -0.117. The first kappa shape index (κ1) is 11.0. The molecule has 3 nitrogen and oxygen atoms in total. The van der Waals surface area contributed by atoms with Crippen LogP contribution < -0.4 is 5.32 Å².